The minimum absolute atomic E-state index is 0.0397. The van der Waals surface area contributed by atoms with Crippen LogP contribution in [0.15, 0.2) is 48.6 Å². The standard InChI is InChI=1S/C25H21ClN2O5/c1-5-7-17-11-16(13-21(32-4)22(17)33-10-6-2)12-19-23(29)27-25(31)28(24(19)30)18-9-8-15(3)20(26)14-18/h2,5,8-9,11-14H,1,7,10H2,3-4H3,(H,27,29,31)/b19-12-. The topological polar surface area (TPSA) is 84.9 Å². The first kappa shape index (κ1) is 23.6. The third-order valence-electron chi connectivity index (χ3n) is 4.86. The number of aryl methyl sites for hydroxylation is 1. The van der Waals surface area contributed by atoms with Crippen LogP contribution < -0.4 is 19.7 Å². The summed E-state index contributed by atoms with van der Waals surface area (Å²) in [7, 11) is 1.46. The maximum atomic E-state index is 13.2. The van der Waals surface area contributed by atoms with Crippen LogP contribution in [-0.4, -0.2) is 31.6 Å². The van der Waals surface area contributed by atoms with Crippen molar-refractivity contribution in [2.24, 2.45) is 0 Å². The average molecular weight is 465 g/mol. The van der Waals surface area contributed by atoms with Crippen LogP contribution in [0.2, 0.25) is 5.02 Å². The summed E-state index contributed by atoms with van der Waals surface area (Å²) in [5, 5.41) is 2.58. The molecule has 0 radical (unpaired) electrons. The number of rotatable bonds is 7. The number of carbonyl (C=O) groups is 3. The van der Waals surface area contributed by atoms with Crippen molar-refractivity contribution < 1.29 is 23.9 Å². The lowest BCUT2D eigenvalue weighted by atomic mass is 10.0. The number of methoxy groups -OCH3 is 1. The highest BCUT2D eigenvalue weighted by molar-refractivity contribution is 6.39. The van der Waals surface area contributed by atoms with Crippen molar-refractivity contribution in [3.63, 3.8) is 0 Å². The molecule has 2 aromatic rings. The zero-order chi connectivity index (χ0) is 24.1. The van der Waals surface area contributed by atoms with Gasteiger partial charge >= 0.3 is 6.03 Å². The second kappa shape index (κ2) is 10.1. The van der Waals surface area contributed by atoms with Crippen molar-refractivity contribution in [1.82, 2.24) is 5.32 Å². The molecule has 3 rings (SSSR count). The molecule has 0 saturated carbocycles. The van der Waals surface area contributed by atoms with Crippen molar-refractivity contribution >= 4 is 41.2 Å². The SMILES string of the molecule is C#CCOc1c(CC=C)cc(/C=C2/C(=O)NC(=O)N(c3ccc(C)c(Cl)c3)C2=O)cc1OC. The van der Waals surface area contributed by atoms with Gasteiger partial charge in [0.1, 0.15) is 12.2 Å². The summed E-state index contributed by atoms with van der Waals surface area (Å²) in [5.74, 6) is 1.64. The molecule has 0 spiro atoms. The predicted octanol–water partition coefficient (Wildman–Crippen LogP) is 4.06. The number of terminal acetylenes is 1. The van der Waals surface area contributed by atoms with Gasteiger partial charge in [-0.3, -0.25) is 14.9 Å². The van der Waals surface area contributed by atoms with E-state index in [1.54, 1.807) is 37.3 Å². The zero-order valence-electron chi connectivity index (χ0n) is 18.1. The van der Waals surface area contributed by atoms with Gasteiger partial charge in [0.15, 0.2) is 11.5 Å². The van der Waals surface area contributed by atoms with Crippen molar-refractivity contribution in [3.05, 3.63) is 70.3 Å². The monoisotopic (exact) mass is 464 g/mol. The van der Waals surface area contributed by atoms with E-state index in [4.69, 9.17) is 27.5 Å². The van der Waals surface area contributed by atoms with Gasteiger partial charge in [0.25, 0.3) is 11.8 Å². The Morgan fingerprint density at radius 3 is 2.64 bits per heavy atom. The number of barbiturate groups is 1. The molecular formula is C25H21ClN2O5. The molecule has 168 valence electrons. The van der Waals surface area contributed by atoms with E-state index in [1.807, 2.05) is 0 Å². The molecule has 8 heteroatoms. The van der Waals surface area contributed by atoms with E-state index in [-0.39, 0.29) is 17.9 Å². The molecule has 0 atom stereocenters. The molecule has 7 nitrogen and oxygen atoms in total. The van der Waals surface area contributed by atoms with Gasteiger partial charge in [0, 0.05) is 10.6 Å². The maximum absolute atomic E-state index is 13.2. The summed E-state index contributed by atoms with van der Waals surface area (Å²) in [6.45, 7) is 5.58. The normalized spacial score (nSPS) is 14.7. The van der Waals surface area contributed by atoms with E-state index in [0.29, 0.717) is 34.1 Å². The van der Waals surface area contributed by atoms with Gasteiger partial charge < -0.3 is 9.47 Å². The van der Waals surface area contributed by atoms with E-state index in [1.165, 1.54) is 19.3 Å². The summed E-state index contributed by atoms with van der Waals surface area (Å²) < 4.78 is 11.0. The molecule has 33 heavy (non-hydrogen) atoms. The molecule has 1 aliphatic rings. The molecule has 4 amide bonds. The first-order chi connectivity index (χ1) is 15.8. The molecule has 1 aliphatic heterocycles. The van der Waals surface area contributed by atoms with Gasteiger partial charge in [-0.2, -0.15) is 0 Å². The molecular weight excluding hydrogens is 444 g/mol. The largest absolute Gasteiger partial charge is 0.493 e. The molecule has 2 aromatic carbocycles. The Hall–Kier alpha value is -4.02. The van der Waals surface area contributed by atoms with Crippen LogP contribution in [0.3, 0.4) is 0 Å². The van der Waals surface area contributed by atoms with Crippen molar-refractivity contribution in [1.29, 1.82) is 0 Å². The summed E-state index contributed by atoms with van der Waals surface area (Å²) in [5.41, 5.74) is 2.00. The number of urea groups is 1. The zero-order valence-corrected chi connectivity index (χ0v) is 18.9. The third kappa shape index (κ3) is 4.92. The lowest BCUT2D eigenvalue weighted by molar-refractivity contribution is -0.122. The van der Waals surface area contributed by atoms with Gasteiger partial charge in [0.05, 0.1) is 12.8 Å². The Bertz CT molecular complexity index is 1230. The minimum Gasteiger partial charge on any atom is -0.493 e. The highest BCUT2D eigenvalue weighted by Crippen LogP contribution is 2.35. The molecule has 0 unspecified atom stereocenters. The van der Waals surface area contributed by atoms with Crippen molar-refractivity contribution in [2.75, 3.05) is 18.6 Å². The summed E-state index contributed by atoms with van der Waals surface area (Å²) in [4.78, 5) is 39.0. The fourth-order valence-corrected chi connectivity index (χ4v) is 3.46. The van der Waals surface area contributed by atoms with Gasteiger partial charge in [-0.25, -0.2) is 9.69 Å². The van der Waals surface area contributed by atoms with Crippen LogP contribution in [0, 0.1) is 19.3 Å². The van der Waals surface area contributed by atoms with Gasteiger partial charge in [-0.1, -0.05) is 29.7 Å². The van der Waals surface area contributed by atoms with Crippen LogP contribution in [0.1, 0.15) is 16.7 Å². The molecule has 1 heterocycles. The second-order valence-electron chi connectivity index (χ2n) is 7.09. The maximum Gasteiger partial charge on any atom is 0.335 e. The summed E-state index contributed by atoms with van der Waals surface area (Å²) in [6.07, 6.45) is 8.79. The van der Waals surface area contributed by atoms with E-state index in [2.05, 4.69) is 17.8 Å². The molecule has 0 aromatic heterocycles. The third-order valence-corrected chi connectivity index (χ3v) is 5.27. The molecule has 1 N–H and O–H groups in total. The number of anilines is 1. The Morgan fingerprint density at radius 2 is 2.00 bits per heavy atom. The van der Waals surface area contributed by atoms with Crippen molar-refractivity contribution in [2.45, 2.75) is 13.3 Å². The first-order valence-electron chi connectivity index (χ1n) is 9.86. The number of carbonyl (C=O) groups excluding carboxylic acids is 3. The number of imide groups is 2. The van der Waals surface area contributed by atoms with Gasteiger partial charge in [0.2, 0.25) is 0 Å². The van der Waals surface area contributed by atoms with Gasteiger partial charge in [-0.15, -0.1) is 13.0 Å². The number of nitrogens with one attached hydrogen (secondary N) is 1. The van der Waals surface area contributed by atoms with Gasteiger partial charge in [-0.05, 0) is 54.8 Å². The van der Waals surface area contributed by atoms with E-state index in [9.17, 15) is 14.4 Å². The predicted molar refractivity (Wildman–Crippen MR) is 126 cm³/mol. The van der Waals surface area contributed by atoms with E-state index in [0.717, 1.165) is 10.5 Å². The molecule has 1 saturated heterocycles. The fraction of sp³-hybridized carbons (Fsp3) is 0.160. The smallest absolute Gasteiger partial charge is 0.335 e. The first-order valence-corrected chi connectivity index (χ1v) is 10.2. The molecule has 1 fully saturated rings. The highest BCUT2D eigenvalue weighted by Gasteiger charge is 2.37. The van der Waals surface area contributed by atoms with Crippen LogP contribution in [-0.2, 0) is 16.0 Å². The van der Waals surface area contributed by atoms with E-state index >= 15 is 0 Å². The van der Waals surface area contributed by atoms with Crippen LogP contribution in [0.4, 0.5) is 10.5 Å². The number of amides is 4. The number of hydrogen-bond acceptors (Lipinski definition) is 5. The second-order valence-corrected chi connectivity index (χ2v) is 7.50. The quantitative estimate of drug-likeness (QED) is 0.289. The molecule has 0 bridgehead atoms. The van der Waals surface area contributed by atoms with Crippen molar-refractivity contribution in [3.8, 4) is 23.8 Å². The van der Waals surface area contributed by atoms with Crippen LogP contribution >= 0.6 is 11.6 Å². The Balaban J connectivity index is 2.07. The Morgan fingerprint density at radius 1 is 1.24 bits per heavy atom. The van der Waals surface area contributed by atoms with E-state index < -0.39 is 17.8 Å². The number of hydrogen-bond donors (Lipinski definition) is 1. The summed E-state index contributed by atoms with van der Waals surface area (Å²) >= 11 is 6.16. The van der Waals surface area contributed by atoms with Crippen LogP contribution in [0.25, 0.3) is 6.08 Å². The van der Waals surface area contributed by atoms with Crippen LogP contribution in [0.5, 0.6) is 11.5 Å². The number of ether oxygens (including phenoxy) is 2. The lowest BCUT2D eigenvalue weighted by Gasteiger charge is -2.26. The highest BCUT2D eigenvalue weighted by atomic mass is 35.5. The summed E-state index contributed by atoms with van der Waals surface area (Å²) in [6, 6.07) is 7.23. The number of halogens is 1. The Kier molecular flexibility index (Phi) is 7.21. The Labute approximate surface area is 196 Å². The number of allylic oxidation sites excluding steroid dienone is 1. The number of nitrogens with zero attached hydrogens (tertiary/aromatic N) is 1. The number of benzene rings is 2. The minimum atomic E-state index is -0.856. The fourth-order valence-electron chi connectivity index (χ4n) is 3.28. The molecule has 0 aliphatic carbocycles. The average Bonchev–Trinajstić information content (AvgIpc) is 2.78. The lowest BCUT2D eigenvalue weighted by Crippen LogP contribution is -2.54.